The number of rotatable bonds is 2. The number of aromatic amines is 1. The number of aromatic nitrogens is 1. The topological polar surface area (TPSA) is 98.0 Å². The lowest BCUT2D eigenvalue weighted by molar-refractivity contribution is 0.0992. The summed E-state index contributed by atoms with van der Waals surface area (Å²) in [5, 5.41) is 27.8. The Morgan fingerprint density at radius 3 is 2.68 bits per heavy atom. The Balaban J connectivity index is 1.99. The van der Waals surface area contributed by atoms with Crippen LogP contribution in [0.5, 0.6) is 11.6 Å². The van der Waals surface area contributed by atoms with Gasteiger partial charge in [-0.3, -0.25) is 4.79 Å². The first kappa shape index (κ1) is 14.1. The highest BCUT2D eigenvalue weighted by atomic mass is 35.5. The lowest BCUT2D eigenvalue weighted by atomic mass is 10.2. The summed E-state index contributed by atoms with van der Waals surface area (Å²) in [6, 6.07) is 11.0. The Hall–Kier alpha value is -2.86. The number of halogens is 1. The molecule has 0 saturated heterocycles. The van der Waals surface area contributed by atoms with Gasteiger partial charge in [-0.15, -0.1) is 10.2 Å². The van der Waals surface area contributed by atoms with Gasteiger partial charge in [0.25, 0.3) is 5.91 Å². The molecule has 0 aliphatic heterocycles. The van der Waals surface area contributed by atoms with Crippen molar-refractivity contribution in [3.63, 3.8) is 0 Å². The van der Waals surface area contributed by atoms with Crippen molar-refractivity contribution < 1.29 is 15.0 Å². The van der Waals surface area contributed by atoms with Crippen molar-refractivity contribution in [2.24, 2.45) is 10.2 Å². The maximum absolute atomic E-state index is 11.9. The third kappa shape index (κ3) is 2.51. The van der Waals surface area contributed by atoms with Gasteiger partial charge in [-0.1, -0.05) is 23.7 Å². The van der Waals surface area contributed by atoms with Crippen LogP contribution < -0.4 is 0 Å². The predicted molar refractivity (Wildman–Crippen MR) is 81.9 cm³/mol. The highest BCUT2D eigenvalue weighted by Gasteiger charge is 2.13. The van der Waals surface area contributed by atoms with Gasteiger partial charge < -0.3 is 15.2 Å². The summed E-state index contributed by atoms with van der Waals surface area (Å²) in [5.41, 5.74) is 0.760. The van der Waals surface area contributed by atoms with E-state index < -0.39 is 5.91 Å². The molecule has 22 heavy (non-hydrogen) atoms. The van der Waals surface area contributed by atoms with Gasteiger partial charge in [-0.05, 0) is 30.3 Å². The van der Waals surface area contributed by atoms with E-state index in [0.29, 0.717) is 15.9 Å². The van der Waals surface area contributed by atoms with Gasteiger partial charge in [0.1, 0.15) is 5.75 Å². The SMILES string of the molecule is O=C(N=Nc1c(O)[nH]c2ccc(Cl)cc12)c1ccccc1O. The Morgan fingerprint density at radius 1 is 1.14 bits per heavy atom. The number of phenols is 1. The largest absolute Gasteiger partial charge is 0.507 e. The van der Waals surface area contributed by atoms with Crippen LogP contribution in [0.2, 0.25) is 5.02 Å². The van der Waals surface area contributed by atoms with Crippen molar-refractivity contribution in [1.29, 1.82) is 0 Å². The van der Waals surface area contributed by atoms with Crippen LogP contribution in [-0.4, -0.2) is 21.1 Å². The van der Waals surface area contributed by atoms with Crippen LogP contribution in [-0.2, 0) is 0 Å². The van der Waals surface area contributed by atoms with E-state index in [2.05, 4.69) is 15.2 Å². The Bertz CT molecular complexity index is 902. The van der Waals surface area contributed by atoms with E-state index in [1.54, 1.807) is 30.3 Å². The maximum Gasteiger partial charge on any atom is 0.299 e. The number of amides is 1. The monoisotopic (exact) mass is 315 g/mol. The minimum Gasteiger partial charge on any atom is -0.507 e. The zero-order chi connectivity index (χ0) is 15.7. The lowest BCUT2D eigenvalue weighted by Crippen LogP contribution is -1.93. The smallest absolute Gasteiger partial charge is 0.299 e. The normalized spacial score (nSPS) is 11.3. The van der Waals surface area contributed by atoms with E-state index in [0.717, 1.165) is 0 Å². The summed E-state index contributed by atoms with van der Waals surface area (Å²) >= 11 is 5.91. The first-order valence-electron chi connectivity index (χ1n) is 6.30. The number of H-pyrrole nitrogens is 1. The van der Waals surface area contributed by atoms with E-state index in [1.807, 2.05) is 0 Å². The fourth-order valence-electron chi connectivity index (χ4n) is 2.04. The number of nitrogens with zero attached hydrogens (tertiary/aromatic N) is 2. The molecule has 0 fully saturated rings. The minimum absolute atomic E-state index is 0.0311. The number of benzene rings is 2. The van der Waals surface area contributed by atoms with Gasteiger partial charge in [-0.2, -0.15) is 0 Å². The summed E-state index contributed by atoms with van der Waals surface area (Å²) < 4.78 is 0. The predicted octanol–water partition coefficient (Wildman–Crippen LogP) is 4.16. The molecule has 110 valence electrons. The summed E-state index contributed by atoms with van der Waals surface area (Å²) in [4.78, 5) is 14.6. The molecule has 1 aromatic heterocycles. The molecule has 0 aliphatic rings. The first-order chi connectivity index (χ1) is 10.6. The van der Waals surface area contributed by atoms with E-state index in [4.69, 9.17) is 11.6 Å². The third-order valence-corrected chi connectivity index (χ3v) is 3.32. The second kappa shape index (κ2) is 5.50. The summed E-state index contributed by atoms with van der Waals surface area (Å²) in [7, 11) is 0. The van der Waals surface area contributed by atoms with Gasteiger partial charge in [0, 0.05) is 10.4 Å². The highest BCUT2D eigenvalue weighted by Crippen LogP contribution is 2.36. The average Bonchev–Trinajstić information content (AvgIpc) is 2.80. The average molecular weight is 316 g/mol. The summed E-state index contributed by atoms with van der Waals surface area (Å²) in [6.07, 6.45) is 0. The van der Waals surface area contributed by atoms with E-state index >= 15 is 0 Å². The number of fused-ring (bicyclic) bond motifs is 1. The van der Waals surface area contributed by atoms with Crippen LogP contribution in [0.25, 0.3) is 10.9 Å². The number of para-hydroxylation sites is 1. The van der Waals surface area contributed by atoms with Crippen molar-refractivity contribution in [3.05, 3.63) is 53.1 Å². The molecule has 1 heterocycles. The van der Waals surface area contributed by atoms with Crippen LogP contribution in [0, 0.1) is 0 Å². The fourth-order valence-corrected chi connectivity index (χ4v) is 2.21. The molecule has 3 N–H and O–H groups in total. The maximum atomic E-state index is 11.9. The summed E-state index contributed by atoms with van der Waals surface area (Å²) in [5.74, 6) is -1.11. The number of hydrogen-bond donors (Lipinski definition) is 3. The molecule has 0 atom stereocenters. The molecular weight excluding hydrogens is 306 g/mol. The zero-order valence-corrected chi connectivity index (χ0v) is 11.9. The van der Waals surface area contributed by atoms with Crippen LogP contribution in [0.15, 0.2) is 52.7 Å². The van der Waals surface area contributed by atoms with Crippen molar-refractivity contribution in [3.8, 4) is 11.6 Å². The minimum atomic E-state index is -0.714. The molecule has 0 spiro atoms. The Kier molecular flexibility index (Phi) is 3.52. The summed E-state index contributed by atoms with van der Waals surface area (Å²) in [6.45, 7) is 0. The molecular formula is C15H10ClN3O3. The number of carbonyl (C=O) groups is 1. The lowest BCUT2D eigenvalue weighted by Gasteiger charge is -1.97. The van der Waals surface area contributed by atoms with Crippen LogP contribution in [0.1, 0.15) is 10.4 Å². The molecule has 7 heteroatoms. The van der Waals surface area contributed by atoms with Crippen molar-refractivity contribution >= 4 is 34.1 Å². The zero-order valence-electron chi connectivity index (χ0n) is 11.1. The standard InChI is InChI=1S/C15H10ClN3O3/c16-8-5-6-11-10(7-8)13(15(22)17-11)18-19-14(21)9-3-1-2-4-12(9)20/h1-7,17,20,22H. The number of aromatic hydroxyl groups is 2. The molecule has 0 aliphatic carbocycles. The molecule has 6 nitrogen and oxygen atoms in total. The molecule has 0 saturated carbocycles. The second-order valence-corrected chi connectivity index (χ2v) is 4.97. The number of phenolic OH excluding ortho intramolecular Hbond substituents is 1. The number of azo groups is 1. The Labute approximate surface area is 129 Å². The molecule has 0 radical (unpaired) electrons. The van der Waals surface area contributed by atoms with Crippen LogP contribution in [0.4, 0.5) is 5.69 Å². The molecule has 3 aromatic rings. The van der Waals surface area contributed by atoms with Crippen LogP contribution in [0.3, 0.4) is 0 Å². The molecule has 3 rings (SSSR count). The van der Waals surface area contributed by atoms with Gasteiger partial charge in [-0.25, -0.2) is 0 Å². The van der Waals surface area contributed by atoms with Gasteiger partial charge in [0.15, 0.2) is 5.69 Å². The van der Waals surface area contributed by atoms with E-state index in [1.165, 1.54) is 12.1 Å². The molecule has 2 aromatic carbocycles. The van der Waals surface area contributed by atoms with Gasteiger partial charge in [0.2, 0.25) is 5.88 Å². The Morgan fingerprint density at radius 2 is 1.91 bits per heavy atom. The third-order valence-electron chi connectivity index (χ3n) is 3.09. The van der Waals surface area contributed by atoms with Gasteiger partial charge in [0.05, 0.1) is 11.1 Å². The van der Waals surface area contributed by atoms with E-state index in [9.17, 15) is 15.0 Å². The van der Waals surface area contributed by atoms with Crippen LogP contribution >= 0.6 is 11.6 Å². The van der Waals surface area contributed by atoms with E-state index in [-0.39, 0.29) is 22.9 Å². The first-order valence-corrected chi connectivity index (χ1v) is 6.68. The van der Waals surface area contributed by atoms with Crippen molar-refractivity contribution in [2.75, 3.05) is 0 Å². The quantitative estimate of drug-likeness (QED) is 0.619. The van der Waals surface area contributed by atoms with Crippen molar-refractivity contribution in [2.45, 2.75) is 0 Å². The molecule has 0 bridgehead atoms. The molecule has 1 amide bonds. The highest BCUT2D eigenvalue weighted by molar-refractivity contribution is 6.31. The molecule has 0 unspecified atom stereocenters. The van der Waals surface area contributed by atoms with Gasteiger partial charge >= 0.3 is 0 Å². The van der Waals surface area contributed by atoms with Crippen molar-refractivity contribution in [1.82, 2.24) is 4.98 Å². The second-order valence-electron chi connectivity index (χ2n) is 4.53. The number of nitrogens with one attached hydrogen (secondary N) is 1. The number of carbonyl (C=O) groups excluding carboxylic acids is 1. The number of hydrogen-bond acceptors (Lipinski definition) is 4. The fraction of sp³-hybridized carbons (Fsp3) is 0.